The second kappa shape index (κ2) is 9.00. The van der Waals surface area contributed by atoms with Crippen molar-refractivity contribution in [3.8, 4) is 0 Å². The first-order chi connectivity index (χ1) is 11.1. The normalized spacial score (nSPS) is 17.1. The molecule has 0 bridgehead atoms. The Morgan fingerprint density at radius 2 is 2.13 bits per heavy atom. The van der Waals surface area contributed by atoms with Crippen molar-refractivity contribution < 1.29 is 9.53 Å². The number of carbonyl (C=O) groups excluding carboxylic acids is 1. The summed E-state index contributed by atoms with van der Waals surface area (Å²) in [5.74, 6) is 0.853. The fourth-order valence-corrected chi connectivity index (χ4v) is 2.71. The van der Waals surface area contributed by atoms with Gasteiger partial charge in [0.2, 0.25) is 5.91 Å². The van der Waals surface area contributed by atoms with Gasteiger partial charge in [0.25, 0.3) is 0 Å². The van der Waals surface area contributed by atoms with Gasteiger partial charge in [-0.15, -0.1) is 0 Å². The van der Waals surface area contributed by atoms with Gasteiger partial charge in [-0.1, -0.05) is 11.6 Å². The first kappa shape index (κ1) is 17.9. The van der Waals surface area contributed by atoms with Crippen molar-refractivity contribution in [3.63, 3.8) is 0 Å². The Morgan fingerprint density at radius 3 is 2.78 bits per heavy atom. The van der Waals surface area contributed by atoms with Gasteiger partial charge in [0.15, 0.2) is 0 Å². The summed E-state index contributed by atoms with van der Waals surface area (Å²) in [6, 6.07) is -0.134. The van der Waals surface area contributed by atoms with Crippen molar-refractivity contribution in [2.75, 3.05) is 51.3 Å². The summed E-state index contributed by atoms with van der Waals surface area (Å²) in [6.45, 7) is 6.47. The molecule has 7 nitrogen and oxygen atoms in total. The molecule has 128 valence electrons. The van der Waals surface area contributed by atoms with Crippen LogP contribution < -0.4 is 10.2 Å². The van der Waals surface area contributed by atoms with E-state index in [1.165, 1.54) is 6.20 Å². The minimum absolute atomic E-state index is 0.0668. The number of nitrogens with zero attached hydrogens (tertiary/aromatic N) is 4. The molecular formula is C15H24ClN5O2. The minimum Gasteiger partial charge on any atom is -0.385 e. The standard InChI is InChI=1S/C15H24ClN5O2/c1-12(15(22)18-4-3-9-23-2)20-5-7-21(8-6-20)14-11-17-10-13(16)19-14/h10-12H,3-9H2,1-2H3,(H,18,22)/t12-/m0/s1. The topological polar surface area (TPSA) is 70.6 Å². The average molecular weight is 342 g/mol. The number of nitrogens with one attached hydrogen (secondary N) is 1. The molecule has 1 N–H and O–H groups in total. The number of amides is 1. The zero-order chi connectivity index (χ0) is 16.7. The van der Waals surface area contributed by atoms with E-state index in [1.807, 2.05) is 6.92 Å². The lowest BCUT2D eigenvalue weighted by molar-refractivity contribution is -0.126. The van der Waals surface area contributed by atoms with Crippen LogP contribution in [-0.4, -0.2) is 73.3 Å². The quantitative estimate of drug-likeness (QED) is 0.739. The molecule has 0 radical (unpaired) electrons. The lowest BCUT2D eigenvalue weighted by atomic mass is 10.2. The minimum atomic E-state index is -0.134. The molecule has 1 aromatic rings. The Labute approximate surface area is 142 Å². The number of hydrogen-bond donors (Lipinski definition) is 1. The summed E-state index contributed by atoms with van der Waals surface area (Å²) in [4.78, 5) is 24.8. The lowest BCUT2D eigenvalue weighted by Crippen LogP contribution is -2.54. The zero-order valence-electron chi connectivity index (χ0n) is 13.7. The molecule has 1 atom stereocenters. The van der Waals surface area contributed by atoms with Crippen LogP contribution in [0.1, 0.15) is 13.3 Å². The second-order valence-corrected chi connectivity index (χ2v) is 5.92. The van der Waals surface area contributed by atoms with Crippen molar-refractivity contribution in [2.45, 2.75) is 19.4 Å². The highest BCUT2D eigenvalue weighted by molar-refractivity contribution is 6.29. The number of carbonyl (C=O) groups is 1. The maximum atomic E-state index is 12.2. The third-order valence-electron chi connectivity index (χ3n) is 3.98. The summed E-state index contributed by atoms with van der Waals surface area (Å²) >= 11 is 5.88. The number of halogens is 1. The van der Waals surface area contributed by atoms with Gasteiger partial charge in [-0.2, -0.15) is 0 Å². The second-order valence-electron chi connectivity index (χ2n) is 5.54. The first-order valence-electron chi connectivity index (χ1n) is 7.85. The van der Waals surface area contributed by atoms with Gasteiger partial charge >= 0.3 is 0 Å². The van der Waals surface area contributed by atoms with Gasteiger partial charge in [0, 0.05) is 46.4 Å². The van der Waals surface area contributed by atoms with E-state index < -0.39 is 0 Å². The summed E-state index contributed by atoms with van der Waals surface area (Å²) in [5.41, 5.74) is 0. The van der Waals surface area contributed by atoms with E-state index >= 15 is 0 Å². The van der Waals surface area contributed by atoms with Crippen LogP contribution in [0.4, 0.5) is 5.82 Å². The van der Waals surface area contributed by atoms with Gasteiger partial charge in [-0.3, -0.25) is 14.7 Å². The highest BCUT2D eigenvalue weighted by Crippen LogP contribution is 2.16. The number of methoxy groups -OCH3 is 1. The summed E-state index contributed by atoms with van der Waals surface area (Å²) in [5, 5.41) is 3.35. The van der Waals surface area contributed by atoms with E-state index in [0.717, 1.165) is 38.4 Å². The van der Waals surface area contributed by atoms with Crippen LogP contribution in [0.2, 0.25) is 5.15 Å². The van der Waals surface area contributed by atoms with E-state index in [4.69, 9.17) is 16.3 Å². The summed E-state index contributed by atoms with van der Waals surface area (Å²) in [6.07, 6.45) is 4.07. The summed E-state index contributed by atoms with van der Waals surface area (Å²) < 4.78 is 4.98. The van der Waals surface area contributed by atoms with Crippen LogP contribution in [0.3, 0.4) is 0 Å². The van der Waals surface area contributed by atoms with E-state index in [0.29, 0.717) is 18.3 Å². The first-order valence-corrected chi connectivity index (χ1v) is 8.23. The third-order valence-corrected chi connectivity index (χ3v) is 4.16. The molecule has 1 fully saturated rings. The molecule has 0 aliphatic carbocycles. The molecule has 1 aliphatic rings. The van der Waals surface area contributed by atoms with E-state index in [9.17, 15) is 4.79 Å². The van der Waals surface area contributed by atoms with Gasteiger partial charge in [-0.05, 0) is 13.3 Å². The Morgan fingerprint density at radius 1 is 1.39 bits per heavy atom. The van der Waals surface area contributed by atoms with Gasteiger partial charge in [-0.25, -0.2) is 4.98 Å². The van der Waals surface area contributed by atoms with Crippen LogP contribution >= 0.6 is 11.6 Å². The maximum Gasteiger partial charge on any atom is 0.237 e. The Kier molecular flexibility index (Phi) is 7.01. The summed E-state index contributed by atoms with van der Waals surface area (Å²) in [7, 11) is 1.66. The molecule has 2 heterocycles. The molecule has 1 aliphatic heterocycles. The molecular weight excluding hydrogens is 318 g/mol. The van der Waals surface area contributed by atoms with Gasteiger partial charge in [0.05, 0.1) is 18.4 Å². The number of piperazine rings is 1. The highest BCUT2D eigenvalue weighted by Gasteiger charge is 2.25. The predicted molar refractivity (Wildman–Crippen MR) is 89.8 cm³/mol. The Hall–Kier alpha value is -1.44. The predicted octanol–water partition coefficient (Wildman–Crippen LogP) is 0.793. The lowest BCUT2D eigenvalue weighted by Gasteiger charge is -2.37. The van der Waals surface area contributed by atoms with Crippen molar-refractivity contribution >= 4 is 23.3 Å². The molecule has 0 spiro atoms. The fraction of sp³-hybridized carbons (Fsp3) is 0.667. The molecule has 2 rings (SSSR count). The third kappa shape index (κ3) is 5.30. The van der Waals surface area contributed by atoms with Crippen LogP contribution in [0.15, 0.2) is 12.4 Å². The molecule has 8 heteroatoms. The maximum absolute atomic E-state index is 12.2. The van der Waals surface area contributed by atoms with Gasteiger partial charge in [0.1, 0.15) is 11.0 Å². The van der Waals surface area contributed by atoms with Crippen LogP contribution in [0.5, 0.6) is 0 Å². The molecule has 0 saturated carbocycles. The van der Waals surface area contributed by atoms with Crippen LogP contribution in [0, 0.1) is 0 Å². The number of anilines is 1. The molecule has 1 aromatic heterocycles. The van der Waals surface area contributed by atoms with Crippen LogP contribution in [-0.2, 0) is 9.53 Å². The number of rotatable bonds is 7. The van der Waals surface area contributed by atoms with E-state index in [1.54, 1.807) is 13.3 Å². The molecule has 1 saturated heterocycles. The zero-order valence-corrected chi connectivity index (χ0v) is 14.4. The van der Waals surface area contributed by atoms with E-state index in [2.05, 4.69) is 25.1 Å². The van der Waals surface area contributed by atoms with Crippen molar-refractivity contribution in [2.24, 2.45) is 0 Å². The monoisotopic (exact) mass is 341 g/mol. The van der Waals surface area contributed by atoms with E-state index in [-0.39, 0.29) is 11.9 Å². The largest absolute Gasteiger partial charge is 0.385 e. The molecule has 0 aromatic carbocycles. The fourth-order valence-electron chi connectivity index (χ4n) is 2.56. The SMILES string of the molecule is COCCCNC(=O)[C@H](C)N1CCN(c2cncc(Cl)n2)CC1. The molecule has 0 unspecified atom stereocenters. The number of aromatic nitrogens is 2. The smallest absolute Gasteiger partial charge is 0.237 e. The Balaban J connectivity index is 1.78. The number of hydrogen-bond acceptors (Lipinski definition) is 6. The van der Waals surface area contributed by atoms with Crippen molar-refractivity contribution in [1.29, 1.82) is 0 Å². The van der Waals surface area contributed by atoms with Gasteiger partial charge < -0.3 is 15.0 Å². The molecule has 1 amide bonds. The van der Waals surface area contributed by atoms with Crippen LogP contribution in [0.25, 0.3) is 0 Å². The van der Waals surface area contributed by atoms with Crippen molar-refractivity contribution in [3.05, 3.63) is 17.5 Å². The molecule has 23 heavy (non-hydrogen) atoms. The average Bonchev–Trinajstić information content (AvgIpc) is 2.58. The highest BCUT2D eigenvalue weighted by atomic mass is 35.5. The Bertz CT molecular complexity index is 508. The van der Waals surface area contributed by atoms with Crippen molar-refractivity contribution in [1.82, 2.24) is 20.2 Å². The number of ether oxygens (including phenoxy) is 1.